The first-order chi connectivity index (χ1) is 8.11. The molecule has 0 spiro atoms. The molecule has 0 amide bonds. The minimum absolute atomic E-state index is 0.222. The van der Waals surface area contributed by atoms with Crippen LogP contribution in [0.25, 0.3) is 11.3 Å². The van der Waals surface area contributed by atoms with Crippen molar-refractivity contribution in [3.63, 3.8) is 0 Å². The summed E-state index contributed by atoms with van der Waals surface area (Å²) < 4.78 is 13.2. The summed E-state index contributed by atoms with van der Waals surface area (Å²) in [7, 11) is 0. The van der Waals surface area contributed by atoms with Crippen molar-refractivity contribution in [2.24, 2.45) is 0 Å². The molecule has 0 saturated carbocycles. The second-order valence-electron chi connectivity index (χ2n) is 3.97. The molecule has 2 rings (SSSR count). The van der Waals surface area contributed by atoms with Crippen molar-refractivity contribution in [1.82, 2.24) is 4.98 Å². The molecule has 0 atom stereocenters. The van der Waals surface area contributed by atoms with Gasteiger partial charge in [0.2, 0.25) is 0 Å². The van der Waals surface area contributed by atoms with Gasteiger partial charge < -0.3 is 0 Å². The van der Waals surface area contributed by atoms with Gasteiger partial charge in [0.05, 0.1) is 11.3 Å². The molecule has 3 heteroatoms. The lowest BCUT2D eigenvalue weighted by Crippen LogP contribution is -1.91. The lowest BCUT2D eigenvalue weighted by molar-refractivity contribution is 0.618. The largest absolute Gasteiger partial charge is 0.255 e. The molecule has 0 aliphatic heterocycles. The van der Waals surface area contributed by atoms with E-state index in [2.05, 4.69) is 4.98 Å². The monoisotopic (exact) mass is 226 g/mol. The molecule has 2 aromatic rings. The molecular weight excluding hydrogens is 215 g/mol. The molecule has 0 bridgehead atoms. The maximum atomic E-state index is 13.2. The van der Waals surface area contributed by atoms with Gasteiger partial charge in [0.15, 0.2) is 0 Å². The van der Waals surface area contributed by atoms with Crippen LogP contribution in [0.2, 0.25) is 0 Å². The van der Waals surface area contributed by atoms with Gasteiger partial charge in [0.25, 0.3) is 0 Å². The number of pyridine rings is 1. The van der Waals surface area contributed by atoms with Crippen molar-refractivity contribution >= 4 is 0 Å². The fourth-order valence-electron chi connectivity index (χ4n) is 1.73. The van der Waals surface area contributed by atoms with Crippen molar-refractivity contribution in [2.45, 2.75) is 13.8 Å². The number of rotatable bonds is 1. The molecule has 0 fully saturated rings. The van der Waals surface area contributed by atoms with Gasteiger partial charge in [-0.2, -0.15) is 5.26 Å². The first-order valence-electron chi connectivity index (χ1n) is 5.25. The van der Waals surface area contributed by atoms with E-state index in [1.54, 1.807) is 25.1 Å². The van der Waals surface area contributed by atoms with Crippen LogP contribution in [0.5, 0.6) is 0 Å². The summed E-state index contributed by atoms with van der Waals surface area (Å²) in [5, 5.41) is 8.76. The highest BCUT2D eigenvalue weighted by Gasteiger charge is 2.06. The number of nitrogens with zero attached hydrogens (tertiary/aromatic N) is 2. The third-order valence-corrected chi connectivity index (χ3v) is 2.64. The summed E-state index contributed by atoms with van der Waals surface area (Å²) in [4.78, 5) is 4.25. The lowest BCUT2D eigenvalue weighted by Gasteiger charge is -2.06. The first-order valence-corrected chi connectivity index (χ1v) is 5.25. The Bertz CT molecular complexity index is 612. The van der Waals surface area contributed by atoms with E-state index in [0.717, 1.165) is 16.8 Å². The summed E-state index contributed by atoms with van der Waals surface area (Å²) in [6.45, 7) is 3.61. The number of nitriles is 1. The van der Waals surface area contributed by atoms with Crippen molar-refractivity contribution in [1.29, 1.82) is 5.26 Å². The zero-order chi connectivity index (χ0) is 12.4. The van der Waals surface area contributed by atoms with Crippen molar-refractivity contribution < 1.29 is 4.39 Å². The van der Waals surface area contributed by atoms with Crippen LogP contribution in [0.1, 0.15) is 16.7 Å². The third-order valence-electron chi connectivity index (χ3n) is 2.64. The first kappa shape index (κ1) is 11.3. The molecule has 1 aromatic heterocycles. The van der Waals surface area contributed by atoms with E-state index in [1.165, 1.54) is 12.3 Å². The second-order valence-corrected chi connectivity index (χ2v) is 3.97. The number of halogens is 1. The average Bonchev–Trinajstić information content (AvgIpc) is 2.32. The fraction of sp³-hybridized carbons (Fsp3) is 0.143. The zero-order valence-electron chi connectivity index (χ0n) is 9.66. The van der Waals surface area contributed by atoms with Crippen molar-refractivity contribution in [2.75, 3.05) is 0 Å². The predicted octanol–water partition coefficient (Wildman–Crippen LogP) is 3.38. The Morgan fingerprint density at radius 2 is 1.94 bits per heavy atom. The van der Waals surface area contributed by atoms with Gasteiger partial charge in [-0.1, -0.05) is 0 Å². The summed E-state index contributed by atoms with van der Waals surface area (Å²) in [5.74, 6) is -0.222. The Labute approximate surface area is 99.4 Å². The van der Waals surface area contributed by atoms with Crippen LogP contribution in [0, 0.1) is 31.0 Å². The van der Waals surface area contributed by atoms with Gasteiger partial charge in [-0.05, 0) is 49.2 Å². The standard InChI is InChI=1S/C14H11FN2/c1-9-6-12(3-4-13(9)15)14-10(2)5-11(7-16)8-17-14/h3-6,8H,1-2H3. The zero-order valence-corrected chi connectivity index (χ0v) is 9.66. The van der Waals surface area contributed by atoms with Gasteiger partial charge in [-0.3, -0.25) is 4.98 Å². The number of benzene rings is 1. The minimum Gasteiger partial charge on any atom is -0.255 e. The summed E-state index contributed by atoms with van der Waals surface area (Å²) in [5.41, 5.74) is 3.69. The highest BCUT2D eigenvalue weighted by molar-refractivity contribution is 5.64. The summed E-state index contributed by atoms with van der Waals surface area (Å²) in [6.07, 6.45) is 1.53. The van der Waals surface area contributed by atoms with E-state index < -0.39 is 0 Å². The summed E-state index contributed by atoms with van der Waals surface area (Å²) >= 11 is 0. The molecule has 0 N–H and O–H groups in total. The molecule has 17 heavy (non-hydrogen) atoms. The third kappa shape index (κ3) is 2.16. The lowest BCUT2D eigenvalue weighted by atomic mass is 10.0. The molecule has 0 aliphatic carbocycles. The van der Waals surface area contributed by atoms with Gasteiger partial charge in [-0.15, -0.1) is 0 Å². The van der Waals surface area contributed by atoms with Gasteiger partial charge in [-0.25, -0.2) is 4.39 Å². The predicted molar refractivity (Wildman–Crippen MR) is 63.8 cm³/mol. The van der Waals surface area contributed by atoms with Crippen LogP contribution in [-0.2, 0) is 0 Å². The Morgan fingerprint density at radius 3 is 2.53 bits per heavy atom. The van der Waals surface area contributed by atoms with Gasteiger partial charge >= 0.3 is 0 Å². The molecule has 0 radical (unpaired) electrons. The Balaban J connectivity index is 2.54. The van der Waals surface area contributed by atoms with Crippen LogP contribution < -0.4 is 0 Å². The van der Waals surface area contributed by atoms with Gasteiger partial charge in [0.1, 0.15) is 11.9 Å². The Morgan fingerprint density at radius 1 is 1.18 bits per heavy atom. The van der Waals surface area contributed by atoms with Crippen molar-refractivity contribution in [3.8, 4) is 17.3 Å². The summed E-state index contributed by atoms with van der Waals surface area (Å²) in [6, 6.07) is 8.72. The smallest absolute Gasteiger partial charge is 0.126 e. The Kier molecular flexibility index (Phi) is 2.88. The second kappa shape index (κ2) is 4.34. The number of aromatic nitrogens is 1. The van der Waals surface area contributed by atoms with E-state index in [-0.39, 0.29) is 5.82 Å². The molecule has 0 aliphatic rings. The molecule has 0 unspecified atom stereocenters. The van der Waals surface area contributed by atoms with Crippen molar-refractivity contribution in [3.05, 3.63) is 53.0 Å². The average molecular weight is 226 g/mol. The number of hydrogen-bond donors (Lipinski definition) is 0. The SMILES string of the molecule is Cc1cc(-c2ncc(C#N)cc2C)ccc1F. The molecule has 84 valence electrons. The van der Waals surface area contributed by atoms with E-state index >= 15 is 0 Å². The molecule has 1 heterocycles. The van der Waals surface area contributed by atoms with E-state index in [1.807, 2.05) is 13.0 Å². The van der Waals surface area contributed by atoms with Crippen LogP contribution in [0.4, 0.5) is 4.39 Å². The van der Waals surface area contributed by atoms with E-state index in [0.29, 0.717) is 11.1 Å². The van der Waals surface area contributed by atoms with Crippen LogP contribution in [0.15, 0.2) is 30.5 Å². The number of aryl methyl sites for hydroxylation is 2. The Hall–Kier alpha value is -2.21. The maximum Gasteiger partial charge on any atom is 0.126 e. The van der Waals surface area contributed by atoms with Crippen LogP contribution in [0.3, 0.4) is 0 Å². The maximum absolute atomic E-state index is 13.2. The van der Waals surface area contributed by atoms with Gasteiger partial charge in [0, 0.05) is 11.8 Å². The molecule has 1 aromatic carbocycles. The molecule has 0 saturated heterocycles. The minimum atomic E-state index is -0.222. The van der Waals surface area contributed by atoms with E-state index in [4.69, 9.17) is 5.26 Å². The van der Waals surface area contributed by atoms with Crippen LogP contribution >= 0.6 is 0 Å². The molecular formula is C14H11FN2. The van der Waals surface area contributed by atoms with Crippen LogP contribution in [-0.4, -0.2) is 4.98 Å². The highest BCUT2D eigenvalue weighted by Crippen LogP contribution is 2.23. The highest BCUT2D eigenvalue weighted by atomic mass is 19.1. The number of hydrogen-bond acceptors (Lipinski definition) is 2. The molecule has 2 nitrogen and oxygen atoms in total. The fourth-order valence-corrected chi connectivity index (χ4v) is 1.73. The quantitative estimate of drug-likeness (QED) is 0.747. The topological polar surface area (TPSA) is 36.7 Å². The van der Waals surface area contributed by atoms with E-state index in [9.17, 15) is 4.39 Å². The normalized spacial score (nSPS) is 10.0.